The Balaban J connectivity index is 1.69. The molecule has 0 saturated heterocycles. The molecule has 0 radical (unpaired) electrons. The van der Waals surface area contributed by atoms with Crippen molar-refractivity contribution in [2.75, 3.05) is 0 Å². The van der Waals surface area contributed by atoms with Crippen LogP contribution in [-0.2, 0) is 6.42 Å². The maximum atomic E-state index is 2.35. The van der Waals surface area contributed by atoms with Crippen LogP contribution in [0.5, 0.6) is 0 Å². The van der Waals surface area contributed by atoms with Crippen molar-refractivity contribution in [2.45, 2.75) is 12.8 Å². The average Bonchev–Trinajstić information content (AvgIpc) is 2.86. The monoisotopic (exact) mass is 256 g/mol. The quantitative estimate of drug-likeness (QED) is 0.708. The van der Waals surface area contributed by atoms with Crippen LogP contribution in [0.1, 0.15) is 28.7 Å². The summed E-state index contributed by atoms with van der Waals surface area (Å²) >= 11 is 0. The van der Waals surface area contributed by atoms with Crippen LogP contribution in [0.25, 0.3) is 11.6 Å². The summed E-state index contributed by atoms with van der Waals surface area (Å²) < 4.78 is 0. The predicted octanol–water partition coefficient (Wildman–Crippen LogP) is 5.02. The molecule has 2 aliphatic rings. The van der Waals surface area contributed by atoms with Gasteiger partial charge in [0.1, 0.15) is 0 Å². The largest absolute Gasteiger partial charge is 0.0801 e. The van der Waals surface area contributed by atoms with Crippen molar-refractivity contribution in [3.8, 4) is 0 Å². The lowest BCUT2D eigenvalue weighted by Crippen LogP contribution is -1.91. The van der Waals surface area contributed by atoms with Gasteiger partial charge in [-0.05, 0) is 46.2 Å². The van der Waals surface area contributed by atoms with Gasteiger partial charge >= 0.3 is 0 Å². The van der Waals surface area contributed by atoms with E-state index in [2.05, 4.69) is 72.8 Å². The molecule has 0 heteroatoms. The summed E-state index contributed by atoms with van der Waals surface area (Å²) in [5, 5.41) is 0. The van der Waals surface area contributed by atoms with Crippen LogP contribution in [-0.4, -0.2) is 0 Å². The second kappa shape index (κ2) is 4.64. The maximum Gasteiger partial charge on any atom is -0.00256 e. The number of allylic oxidation sites excluding steroid dienone is 5. The zero-order valence-corrected chi connectivity index (χ0v) is 11.3. The first-order chi connectivity index (χ1) is 9.90. The third-order valence-electron chi connectivity index (χ3n) is 4.07. The Bertz CT molecular complexity index is 743. The van der Waals surface area contributed by atoms with E-state index < -0.39 is 0 Å². The van der Waals surface area contributed by atoms with Gasteiger partial charge in [-0.15, -0.1) is 0 Å². The van der Waals surface area contributed by atoms with Crippen molar-refractivity contribution in [3.63, 3.8) is 0 Å². The summed E-state index contributed by atoms with van der Waals surface area (Å²) in [5.74, 6) is 0. The third-order valence-corrected chi connectivity index (χ3v) is 4.07. The molecule has 2 aromatic carbocycles. The first-order valence-corrected chi connectivity index (χ1v) is 7.15. The molecule has 0 atom stereocenters. The second-order valence-electron chi connectivity index (χ2n) is 5.47. The highest BCUT2D eigenvalue weighted by atomic mass is 14.2. The van der Waals surface area contributed by atoms with Gasteiger partial charge < -0.3 is 0 Å². The fraction of sp³-hybridized carbons (Fsp3) is 0.100. The summed E-state index contributed by atoms with van der Waals surface area (Å²) in [6, 6.07) is 17.6. The molecule has 0 unspecified atom stereocenters. The van der Waals surface area contributed by atoms with Gasteiger partial charge in [-0.2, -0.15) is 0 Å². The van der Waals surface area contributed by atoms with E-state index in [1.165, 1.54) is 33.4 Å². The molecule has 0 heterocycles. The minimum atomic E-state index is 1.01. The van der Waals surface area contributed by atoms with Gasteiger partial charge in [-0.25, -0.2) is 0 Å². The smallest absolute Gasteiger partial charge is 0.00256 e. The van der Waals surface area contributed by atoms with Crippen LogP contribution in [0.4, 0.5) is 0 Å². The van der Waals surface area contributed by atoms with Gasteiger partial charge in [0.15, 0.2) is 0 Å². The lowest BCUT2D eigenvalue weighted by atomic mass is 9.95. The molecule has 0 bridgehead atoms. The Labute approximate surface area is 119 Å². The number of hydrogen-bond donors (Lipinski definition) is 0. The molecule has 0 N–H and O–H groups in total. The van der Waals surface area contributed by atoms with Crippen molar-refractivity contribution in [1.82, 2.24) is 0 Å². The SMILES string of the molecule is C1=CCC2=Cc3cc(Cc4ccccc4)ccc3C2=C1. The molecular weight excluding hydrogens is 240 g/mol. The molecule has 96 valence electrons. The molecular formula is C20H16. The van der Waals surface area contributed by atoms with Crippen molar-refractivity contribution in [2.24, 2.45) is 0 Å². The van der Waals surface area contributed by atoms with Gasteiger partial charge in [0.2, 0.25) is 0 Å². The highest BCUT2D eigenvalue weighted by molar-refractivity contribution is 5.96. The summed E-state index contributed by atoms with van der Waals surface area (Å²) in [5.41, 5.74) is 8.40. The van der Waals surface area contributed by atoms with E-state index in [0.29, 0.717) is 0 Å². The van der Waals surface area contributed by atoms with Crippen LogP contribution < -0.4 is 0 Å². The Morgan fingerprint density at radius 3 is 2.70 bits per heavy atom. The number of benzene rings is 2. The molecule has 20 heavy (non-hydrogen) atoms. The van der Waals surface area contributed by atoms with Gasteiger partial charge in [0.25, 0.3) is 0 Å². The van der Waals surface area contributed by atoms with Gasteiger partial charge in [-0.3, -0.25) is 0 Å². The fourth-order valence-electron chi connectivity index (χ4n) is 3.08. The topological polar surface area (TPSA) is 0 Å². The minimum Gasteiger partial charge on any atom is -0.0801 e. The zero-order chi connectivity index (χ0) is 13.4. The zero-order valence-electron chi connectivity index (χ0n) is 11.3. The first-order valence-electron chi connectivity index (χ1n) is 7.15. The van der Waals surface area contributed by atoms with Gasteiger partial charge in [0.05, 0.1) is 0 Å². The van der Waals surface area contributed by atoms with Crippen molar-refractivity contribution in [1.29, 1.82) is 0 Å². The highest BCUT2D eigenvalue weighted by Gasteiger charge is 2.19. The molecule has 0 nitrogen and oxygen atoms in total. The lowest BCUT2D eigenvalue weighted by molar-refractivity contribution is 1.19. The first kappa shape index (κ1) is 11.5. The number of hydrogen-bond acceptors (Lipinski definition) is 0. The van der Waals surface area contributed by atoms with E-state index in [0.717, 1.165) is 12.8 Å². The Morgan fingerprint density at radius 1 is 0.900 bits per heavy atom. The van der Waals surface area contributed by atoms with Crippen molar-refractivity contribution in [3.05, 3.63) is 94.6 Å². The Morgan fingerprint density at radius 2 is 1.80 bits per heavy atom. The molecule has 0 aliphatic heterocycles. The van der Waals surface area contributed by atoms with Crippen LogP contribution in [0, 0.1) is 0 Å². The standard InChI is InChI=1S/C20H16/c1-2-6-15(7-3-1)12-16-10-11-20-18(13-16)14-17-8-4-5-9-19(17)20/h1-7,9-11,13-14H,8,12H2. The summed E-state index contributed by atoms with van der Waals surface area (Å²) in [4.78, 5) is 0. The predicted molar refractivity (Wildman–Crippen MR) is 85.4 cm³/mol. The molecule has 0 aromatic heterocycles. The normalized spacial score (nSPS) is 15.4. The average molecular weight is 256 g/mol. The van der Waals surface area contributed by atoms with E-state index in [1.54, 1.807) is 0 Å². The molecule has 2 aromatic rings. The highest BCUT2D eigenvalue weighted by Crippen LogP contribution is 2.39. The summed E-state index contributed by atoms with van der Waals surface area (Å²) in [6.07, 6.45) is 11.0. The molecule has 0 spiro atoms. The minimum absolute atomic E-state index is 1.01. The summed E-state index contributed by atoms with van der Waals surface area (Å²) in [7, 11) is 0. The van der Waals surface area contributed by atoms with E-state index in [1.807, 2.05) is 0 Å². The van der Waals surface area contributed by atoms with Crippen molar-refractivity contribution < 1.29 is 0 Å². The van der Waals surface area contributed by atoms with Crippen LogP contribution in [0.15, 0.2) is 72.3 Å². The van der Waals surface area contributed by atoms with E-state index in [-0.39, 0.29) is 0 Å². The molecule has 0 fully saturated rings. The molecule has 0 amide bonds. The van der Waals surface area contributed by atoms with Gasteiger partial charge in [0, 0.05) is 0 Å². The molecule has 2 aliphatic carbocycles. The van der Waals surface area contributed by atoms with E-state index in [9.17, 15) is 0 Å². The maximum absolute atomic E-state index is 2.35. The van der Waals surface area contributed by atoms with Gasteiger partial charge in [-0.1, -0.05) is 72.8 Å². The fourth-order valence-corrected chi connectivity index (χ4v) is 3.08. The van der Waals surface area contributed by atoms with Crippen LogP contribution >= 0.6 is 0 Å². The van der Waals surface area contributed by atoms with E-state index in [4.69, 9.17) is 0 Å². The lowest BCUT2D eigenvalue weighted by Gasteiger charge is -2.09. The Kier molecular flexibility index (Phi) is 2.67. The van der Waals surface area contributed by atoms with E-state index >= 15 is 0 Å². The van der Waals surface area contributed by atoms with Crippen LogP contribution in [0.3, 0.4) is 0 Å². The Hall–Kier alpha value is -2.34. The molecule has 0 saturated carbocycles. The summed E-state index contributed by atoms with van der Waals surface area (Å²) in [6.45, 7) is 0. The third kappa shape index (κ3) is 1.94. The molecule has 4 rings (SSSR count). The van der Waals surface area contributed by atoms with Crippen molar-refractivity contribution >= 4 is 11.6 Å². The van der Waals surface area contributed by atoms with Crippen LogP contribution in [0.2, 0.25) is 0 Å². The number of rotatable bonds is 2. The second-order valence-corrected chi connectivity index (χ2v) is 5.47. The number of fused-ring (bicyclic) bond motifs is 3.